The van der Waals surface area contributed by atoms with E-state index in [4.69, 9.17) is 5.73 Å². The van der Waals surface area contributed by atoms with Crippen molar-refractivity contribution in [2.45, 2.75) is 40.5 Å². The minimum atomic E-state index is -0.452. The Kier molecular flexibility index (Phi) is 4.26. The molecule has 1 heterocycles. The van der Waals surface area contributed by atoms with Gasteiger partial charge in [0.15, 0.2) is 0 Å². The second-order valence-corrected chi connectivity index (χ2v) is 7.13. The summed E-state index contributed by atoms with van der Waals surface area (Å²) in [6, 6.07) is 3.00. The van der Waals surface area contributed by atoms with Crippen molar-refractivity contribution in [3.63, 3.8) is 0 Å². The molecule has 0 aliphatic carbocycles. The van der Waals surface area contributed by atoms with Crippen molar-refractivity contribution in [1.82, 2.24) is 4.90 Å². The molecule has 0 saturated carbocycles. The van der Waals surface area contributed by atoms with Crippen molar-refractivity contribution in [2.24, 2.45) is 11.3 Å². The number of carbonyl (C=O) groups excluding carboxylic acids is 1. The van der Waals surface area contributed by atoms with Crippen LogP contribution >= 0.6 is 0 Å². The Balaban J connectivity index is 2.13. The van der Waals surface area contributed by atoms with Crippen molar-refractivity contribution >= 4 is 11.6 Å². The van der Waals surface area contributed by atoms with Crippen LogP contribution in [-0.2, 0) is 0 Å². The number of carbonyl (C=O) groups is 1. The van der Waals surface area contributed by atoms with E-state index in [0.717, 1.165) is 12.8 Å². The lowest BCUT2D eigenvalue weighted by molar-refractivity contribution is 0.0604. The number of nitrogen functional groups attached to an aromatic ring is 1. The fraction of sp³-hybridized carbons (Fsp3) is 0.588. The quantitative estimate of drug-likeness (QED) is 0.804. The number of hydrogen-bond donors (Lipinski definition) is 1. The number of halogens is 1. The van der Waals surface area contributed by atoms with E-state index in [-0.39, 0.29) is 16.9 Å². The number of benzene rings is 1. The van der Waals surface area contributed by atoms with Gasteiger partial charge in [-0.3, -0.25) is 4.79 Å². The Morgan fingerprint density at radius 1 is 1.29 bits per heavy atom. The molecule has 0 aromatic heterocycles. The number of hydrogen-bond acceptors (Lipinski definition) is 2. The molecule has 1 aliphatic heterocycles. The van der Waals surface area contributed by atoms with Gasteiger partial charge in [-0.05, 0) is 48.8 Å². The Morgan fingerprint density at radius 3 is 2.38 bits per heavy atom. The predicted octanol–water partition coefficient (Wildman–Crippen LogP) is 3.61. The van der Waals surface area contributed by atoms with Crippen LogP contribution in [0.5, 0.6) is 0 Å². The van der Waals surface area contributed by atoms with Crippen LogP contribution in [-0.4, -0.2) is 23.9 Å². The average molecular weight is 292 g/mol. The largest absolute Gasteiger partial charge is 0.399 e. The first-order valence-corrected chi connectivity index (χ1v) is 7.55. The summed E-state index contributed by atoms with van der Waals surface area (Å²) >= 11 is 0. The van der Waals surface area contributed by atoms with Gasteiger partial charge in [0.1, 0.15) is 5.82 Å². The summed E-state index contributed by atoms with van der Waals surface area (Å²) in [5.74, 6) is -0.0867. The number of nitrogens with two attached hydrogens (primary N) is 1. The maximum absolute atomic E-state index is 14.1. The molecule has 3 nitrogen and oxygen atoms in total. The topological polar surface area (TPSA) is 46.3 Å². The number of aryl methyl sites for hydroxylation is 1. The smallest absolute Gasteiger partial charge is 0.256 e. The summed E-state index contributed by atoms with van der Waals surface area (Å²) in [5.41, 5.74) is 6.95. The maximum atomic E-state index is 14.1. The van der Waals surface area contributed by atoms with Crippen molar-refractivity contribution in [1.29, 1.82) is 0 Å². The first kappa shape index (κ1) is 15.8. The maximum Gasteiger partial charge on any atom is 0.256 e. The lowest BCUT2D eigenvalue weighted by atomic mass is 9.75. The SMILES string of the molecule is Cc1cc(N)cc(C(=O)N2CCC(C(C)(C)C)CC2)c1F. The fourth-order valence-corrected chi connectivity index (χ4v) is 3.07. The Hall–Kier alpha value is -1.58. The molecular weight excluding hydrogens is 267 g/mol. The third-order valence-corrected chi connectivity index (χ3v) is 4.51. The highest BCUT2D eigenvalue weighted by atomic mass is 19.1. The molecule has 1 aromatic carbocycles. The van der Waals surface area contributed by atoms with Crippen LogP contribution in [0.4, 0.5) is 10.1 Å². The zero-order chi connectivity index (χ0) is 15.8. The van der Waals surface area contributed by atoms with Crippen LogP contribution < -0.4 is 5.73 Å². The minimum absolute atomic E-state index is 0.0988. The molecule has 1 aromatic rings. The molecule has 2 N–H and O–H groups in total. The lowest BCUT2D eigenvalue weighted by Crippen LogP contribution is -2.41. The second-order valence-electron chi connectivity index (χ2n) is 7.13. The van der Waals surface area contributed by atoms with Gasteiger partial charge in [-0.15, -0.1) is 0 Å². The highest BCUT2D eigenvalue weighted by Crippen LogP contribution is 2.34. The third-order valence-electron chi connectivity index (χ3n) is 4.51. The number of piperidine rings is 1. The fourth-order valence-electron chi connectivity index (χ4n) is 3.07. The first-order valence-electron chi connectivity index (χ1n) is 7.55. The molecule has 0 atom stereocenters. The highest BCUT2D eigenvalue weighted by Gasteiger charge is 2.31. The summed E-state index contributed by atoms with van der Waals surface area (Å²) in [6.45, 7) is 9.71. The molecule has 0 radical (unpaired) electrons. The van der Waals surface area contributed by atoms with Gasteiger partial charge in [0.25, 0.3) is 5.91 Å². The van der Waals surface area contributed by atoms with Gasteiger partial charge < -0.3 is 10.6 Å². The van der Waals surface area contributed by atoms with Crippen molar-refractivity contribution < 1.29 is 9.18 Å². The summed E-state index contributed by atoms with van der Waals surface area (Å²) in [4.78, 5) is 14.3. The van der Waals surface area contributed by atoms with Crippen LogP contribution in [0.15, 0.2) is 12.1 Å². The molecule has 116 valence electrons. The van der Waals surface area contributed by atoms with Crippen molar-refractivity contribution in [3.05, 3.63) is 29.1 Å². The summed E-state index contributed by atoms with van der Waals surface area (Å²) in [5, 5.41) is 0. The van der Waals surface area contributed by atoms with E-state index >= 15 is 0 Å². The predicted molar refractivity (Wildman–Crippen MR) is 83.6 cm³/mol. The zero-order valence-electron chi connectivity index (χ0n) is 13.4. The molecule has 1 fully saturated rings. The molecule has 0 bridgehead atoms. The molecule has 1 saturated heterocycles. The number of nitrogens with zero attached hydrogens (tertiary/aromatic N) is 1. The minimum Gasteiger partial charge on any atom is -0.399 e. The monoisotopic (exact) mass is 292 g/mol. The van der Waals surface area contributed by atoms with Gasteiger partial charge in [-0.2, -0.15) is 0 Å². The Bertz CT molecular complexity index is 540. The molecule has 0 spiro atoms. The number of amides is 1. The van der Waals surface area contributed by atoms with Crippen LogP contribution in [0.1, 0.15) is 49.5 Å². The molecule has 21 heavy (non-hydrogen) atoms. The number of rotatable bonds is 1. The van der Waals surface area contributed by atoms with Gasteiger partial charge >= 0.3 is 0 Å². The van der Waals surface area contributed by atoms with Gasteiger partial charge in [-0.25, -0.2) is 4.39 Å². The lowest BCUT2D eigenvalue weighted by Gasteiger charge is -2.38. The Labute approximate surface area is 126 Å². The Morgan fingerprint density at radius 2 is 1.86 bits per heavy atom. The summed E-state index contributed by atoms with van der Waals surface area (Å²) < 4.78 is 14.1. The molecule has 0 unspecified atom stereocenters. The van der Waals surface area contributed by atoms with E-state index in [0.29, 0.717) is 30.3 Å². The van der Waals surface area contributed by atoms with Crippen LogP contribution in [0.3, 0.4) is 0 Å². The van der Waals surface area contributed by atoms with Gasteiger partial charge in [0.2, 0.25) is 0 Å². The standard InChI is InChI=1S/C17H25FN2O/c1-11-9-13(19)10-14(15(11)18)16(21)20-7-5-12(6-8-20)17(2,3)4/h9-10,12H,5-8,19H2,1-4H3. The molecule has 1 amide bonds. The first-order chi connectivity index (χ1) is 9.70. The van der Waals surface area contributed by atoms with Gasteiger partial charge in [0, 0.05) is 18.8 Å². The number of likely N-dealkylation sites (tertiary alicyclic amines) is 1. The van der Waals surface area contributed by atoms with Crippen LogP contribution in [0, 0.1) is 24.1 Å². The van der Waals surface area contributed by atoms with E-state index < -0.39 is 5.82 Å². The van der Waals surface area contributed by atoms with E-state index in [1.807, 2.05) is 0 Å². The van der Waals surface area contributed by atoms with Crippen LogP contribution in [0.25, 0.3) is 0 Å². The van der Waals surface area contributed by atoms with E-state index in [1.54, 1.807) is 17.9 Å². The zero-order valence-corrected chi connectivity index (χ0v) is 13.4. The number of anilines is 1. The van der Waals surface area contributed by atoms with Gasteiger partial charge in [0.05, 0.1) is 5.56 Å². The van der Waals surface area contributed by atoms with E-state index in [2.05, 4.69) is 20.8 Å². The molecule has 1 aliphatic rings. The van der Waals surface area contributed by atoms with Crippen LogP contribution in [0.2, 0.25) is 0 Å². The van der Waals surface area contributed by atoms with Crippen molar-refractivity contribution in [3.8, 4) is 0 Å². The summed E-state index contributed by atoms with van der Waals surface area (Å²) in [6.07, 6.45) is 1.94. The van der Waals surface area contributed by atoms with E-state index in [1.165, 1.54) is 6.07 Å². The van der Waals surface area contributed by atoms with Crippen molar-refractivity contribution in [2.75, 3.05) is 18.8 Å². The highest BCUT2D eigenvalue weighted by molar-refractivity contribution is 5.95. The second kappa shape index (κ2) is 5.66. The molecular formula is C17H25FN2O. The average Bonchev–Trinajstić information content (AvgIpc) is 2.41. The van der Waals surface area contributed by atoms with E-state index in [9.17, 15) is 9.18 Å². The summed E-state index contributed by atoms with van der Waals surface area (Å²) in [7, 11) is 0. The normalized spacial score (nSPS) is 17.1. The molecule has 4 heteroatoms. The van der Waals surface area contributed by atoms with Gasteiger partial charge in [-0.1, -0.05) is 20.8 Å². The third kappa shape index (κ3) is 3.36. The molecule has 2 rings (SSSR count).